The van der Waals surface area contributed by atoms with Gasteiger partial charge < -0.3 is 20.7 Å². The van der Waals surface area contributed by atoms with E-state index < -0.39 is 11.9 Å². The summed E-state index contributed by atoms with van der Waals surface area (Å²) >= 11 is 0. The number of carbonyl (C=O) groups excluding carboxylic acids is 2. The topological polar surface area (TPSA) is 87.9 Å². The van der Waals surface area contributed by atoms with Crippen molar-refractivity contribution in [3.05, 3.63) is 24.0 Å². The maximum atomic E-state index is 14.6. The quantitative estimate of drug-likeness (QED) is 0.736. The van der Waals surface area contributed by atoms with Crippen LogP contribution in [0, 0.1) is 5.82 Å². The maximum Gasteiger partial charge on any atom is 0.253 e. The summed E-state index contributed by atoms with van der Waals surface area (Å²) in [6, 6.07) is 4.81. The lowest BCUT2D eigenvalue weighted by Crippen LogP contribution is -2.55. The van der Waals surface area contributed by atoms with Crippen molar-refractivity contribution in [2.24, 2.45) is 5.73 Å². The molecule has 0 unspecified atom stereocenters. The highest BCUT2D eigenvalue weighted by Crippen LogP contribution is 2.37. The SMILES string of the molecule is NC[C@@H](C(=O)Nc1ccc(N2CCOCC2=O)cc1F)N(C1CCC1)C1CC1. The molecule has 0 bridgehead atoms. The summed E-state index contributed by atoms with van der Waals surface area (Å²) in [4.78, 5) is 28.5. The van der Waals surface area contributed by atoms with Gasteiger partial charge in [0.15, 0.2) is 0 Å². The zero-order valence-corrected chi connectivity index (χ0v) is 15.9. The first-order chi connectivity index (χ1) is 13.6. The molecular weight excluding hydrogens is 363 g/mol. The minimum Gasteiger partial charge on any atom is -0.370 e. The van der Waals surface area contributed by atoms with Crippen molar-refractivity contribution in [1.29, 1.82) is 0 Å². The van der Waals surface area contributed by atoms with Gasteiger partial charge in [-0.1, -0.05) is 6.42 Å². The second kappa shape index (κ2) is 8.14. The third-order valence-corrected chi connectivity index (χ3v) is 5.86. The van der Waals surface area contributed by atoms with Crippen molar-refractivity contribution in [1.82, 2.24) is 4.90 Å². The van der Waals surface area contributed by atoms with Gasteiger partial charge in [0, 0.05) is 30.9 Å². The van der Waals surface area contributed by atoms with Gasteiger partial charge in [-0.15, -0.1) is 0 Å². The van der Waals surface area contributed by atoms with Crippen LogP contribution in [0.15, 0.2) is 18.2 Å². The van der Waals surface area contributed by atoms with Crippen molar-refractivity contribution in [3.8, 4) is 0 Å². The zero-order chi connectivity index (χ0) is 19.7. The Balaban J connectivity index is 1.46. The van der Waals surface area contributed by atoms with Crippen molar-refractivity contribution in [3.63, 3.8) is 0 Å². The van der Waals surface area contributed by atoms with E-state index in [9.17, 15) is 14.0 Å². The van der Waals surface area contributed by atoms with Crippen LogP contribution in [0.3, 0.4) is 0 Å². The highest BCUT2D eigenvalue weighted by molar-refractivity contribution is 5.97. The Bertz CT molecular complexity index is 751. The Morgan fingerprint density at radius 2 is 2.07 bits per heavy atom. The summed E-state index contributed by atoms with van der Waals surface area (Å²) in [5, 5.41) is 2.71. The molecule has 8 heteroatoms. The fraction of sp³-hybridized carbons (Fsp3) is 0.600. The molecule has 7 nitrogen and oxygen atoms in total. The average Bonchev–Trinajstić information content (AvgIpc) is 3.47. The highest BCUT2D eigenvalue weighted by atomic mass is 19.1. The number of hydrogen-bond acceptors (Lipinski definition) is 5. The van der Waals surface area contributed by atoms with Crippen LogP contribution < -0.4 is 16.0 Å². The number of rotatable bonds is 7. The molecule has 1 atom stereocenters. The van der Waals surface area contributed by atoms with Gasteiger partial charge in [-0.05, 0) is 43.9 Å². The molecule has 0 radical (unpaired) electrons. The molecule has 2 amide bonds. The minimum atomic E-state index is -0.567. The first kappa shape index (κ1) is 19.3. The fourth-order valence-corrected chi connectivity index (χ4v) is 4.01. The summed E-state index contributed by atoms with van der Waals surface area (Å²) in [7, 11) is 0. The summed E-state index contributed by atoms with van der Waals surface area (Å²) in [5.74, 6) is -1.04. The van der Waals surface area contributed by atoms with Gasteiger partial charge in [0.1, 0.15) is 18.5 Å². The monoisotopic (exact) mass is 390 g/mol. The van der Waals surface area contributed by atoms with E-state index in [-0.39, 0.29) is 30.7 Å². The number of nitrogens with one attached hydrogen (secondary N) is 1. The predicted molar refractivity (Wildman–Crippen MR) is 104 cm³/mol. The van der Waals surface area contributed by atoms with Gasteiger partial charge in [-0.25, -0.2) is 4.39 Å². The molecule has 1 heterocycles. The number of nitrogens with two attached hydrogens (primary N) is 1. The Labute approximate surface area is 164 Å². The molecule has 1 saturated heterocycles. The van der Waals surface area contributed by atoms with E-state index >= 15 is 0 Å². The predicted octanol–water partition coefficient (Wildman–Crippen LogP) is 1.47. The Kier molecular flexibility index (Phi) is 5.61. The van der Waals surface area contributed by atoms with Crippen LogP contribution in [0.1, 0.15) is 32.1 Å². The number of benzene rings is 1. The largest absolute Gasteiger partial charge is 0.370 e. The second-order valence-corrected chi connectivity index (χ2v) is 7.77. The molecule has 3 fully saturated rings. The van der Waals surface area contributed by atoms with E-state index in [0.29, 0.717) is 30.9 Å². The van der Waals surface area contributed by atoms with E-state index in [0.717, 1.165) is 25.7 Å². The standard InChI is InChI=1S/C20H27FN4O3/c21-16-10-15(24-8-9-28-12-19(24)26)6-7-17(16)23-20(27)18(11-22)25(14-4-5-14)13-2-1-3-13/h6-7,10,13-14,18H,1-5,8-9,11-12,22H2,(H,23,27)/t18-/m0/s1. The normalized spacial score (nSPS) is 21.5. The molecule has 2 aliphatic carbocycles. The molecule has 0 spiro atoms. The van der Waals surface area contributed by atoms with Crippen LogP contribution in [0.25, 0.3) is 0 Å². The maximum absolute atomic E-state index is 14.6. The molecule has 0 aromatic heterocycles. The number of carbonyl (C=O) groups is 2. The molecule has 28 heavy (non-hydrogen) atoms. The lowest BCUT2D eigenvalue weighted by Gasteiger charge is -2.41. The van der Waals surface area contributed by atoms with Crippen LogP contribution in [0.2, 0.25) is 0 Å². The smallest absolute Gasteiger partial charge is 0.253 e. The molecule has 3 aliphatic rings. The van der Waals surface area contributed by atoms with Gasteiger partial charge in [0.25, 0.3) is 5.91 Å². The first-order valence-electron chi connectivity index (χ1n) is 10.0. The summed E-state index contributed by atoms with van der Waals surface area (Å²) in [5.41, 5.74) is 6.51. The Morgan fingerprint density at radius 3 is 2.64 bits per heavy atom. The van der Waals surface area contributed by atoms with E-state index in [1.165, 1.54) is 23.5 Å². The molecule has 1 aromatic rings. The van der Waals surface area contributed by atoms with Gasteiger partial charge in [0.05, 0.1) is 12.3 Å². The van der Waals surface area contributed by atoms with Crippen molar-refractivity contribution >= 4 is 23.2 Å². The highest BCUT2D eigenvalue weighted by Gasteiger charge is 2.42. The van der Waals surface area contributed by atoms with E-state index in [1.807, 2.05) is 0 Å². The van der Waals surface area contributed by atoms with Crippen LogP contribution >= 0.6 is 0 Å². The van der Waals surface area contributed by atoms with Gasteiger partial charge in [0.2, 0.25) is 5.91 Å². The summed E-state index contributed by atoms with van der Waals surface area (Å²) in [6.45, 7) is 1.01. The van der Waals surface area contributed by atoms with Crippen LogP contribution in [-0.2, 0) is 14.3 Å². The van der Waals surface area contributed by atoms with Crippen LogP contribution in [-0.4, -0.2) is 61.1 Å². The van der Waals surface area contributed by atoms with Crippen LogP contribution in [0.5, 0.6) is 0 Å². The number of nitrogens with zero attached hydrogens (tertiary/aromatic N) is 2. The van der Waals surface area contributed by atoms with Gasteiger partial charge in [-0.3, -0.25) is 14.5 Å². The molecule has 3 N–H and O–H groups in total. The number of ether oxygens (including phenoxy) is 1. The first-order valence-corrected chi connectivity index (χ1v) is 10.0. The molecule has 1 aromatic carbocycles. The molecule has 152 valence electrons. The van der Waals surface area contributed by atoms with Crippen molar-refractivity contribution < 1.29 is 18.7 Å². The third-order valence-electron chi connectivity index (χ3n) is 5.86. The van der Waals surface area contributed by atoms with E-state index in [1.54, 1.807) is 6.07 Å². The molecular formula is C20H27FN4O3. The van der Waals surface area contributed by atoms with Crippen molar-refractivity contribution in [2.75, 3.05) is 36.5 Å². The molecule has 2 saturated carbocycles. The summed E-state index contributed by atoms with van der Waals surface area (Å²) < 4.78 is 19.7. The van der Waals surface area contributed by atoms with Gasteiger partial charge >= 0.3 is 0 Å². The fourth-order valence-electron chi connectivity index (χ4n) is 4.01. The lowest BCUT2D eigenvalue weighted by atomic mass is 9.90. The Morgan fingerprint density at radius 1 is 1.32 bits per heavy atom. The van der Waals surface area contributed by atoms with Crippen molar-refractivity contribution in [2.45, 2.75) is 50.2 Å². The van der Waals surface area contributed by atoms with Crippen LogP contribution in [0.4, 0.5) is 15.8 Å². The van der Waals surface area contributed by atoms with E-state index in [2.05, 4.69) is 10.2 Å². The third kappa shape index (κ3) is 3.90. The number of amides is 2. The van der Waals surface area contributed by atoms with Gasteiger partial charge in [-0.2, -0.15) is 0 Å². The molecule has 1 aliphatic heterocycles. The number of morpholine rings is 1. The molecule has 4 rings (SSSR count). The average molecular weight is 390 g/mol. The minimum absolute atomic E-state index is 0.00352. The Hall–Kier alpha value is -2.03. The number of halogens is 1. The summed E-state index contributed by atoms with van der Waals surface area (Å²) in [6.07, 6.45) is 5.56. The van der Waals surface area contributed by atoms with E-state index in [4.69, 9.17) is 10.5 Å². The lowest BCUT2D eigenvalue weighted by molar-refractivity contribution is -0.125. The zero-order valence-electron chi connectivity index (χ0n) is 15.9. The number of anilines is 2. The second-order valence-electron chi connectivity index (χ2n) is 7.77. The number of hydrogen-bond donors (Lipinski definition) is 2.